The highest BCUT2D eigenvalue weighted by atomic mass is 32.2. The van der Waals surface area contributed by atoms with Crippen LogP contribution in [0.3, 0.4) is 0 Å². The van der Waals surface area contributed by atoms with E-state index in [0.717, 1.165) is 22.6 Å². The fourth-order valence-corrected chi connectivity index (χ4v) is 4.43. The molecule has 0 aliphatic rings. The number of benzene rings is 1. The summed E-state index contributed by atoms with van der Waals surface area (Å²) in [5, 5.41) is 3.35. The van der Waals surface area contributed by atoms with Crippen LogP contribution in [0.2, 0.25) is 0 Å². The number of nitrogens with zero attached hydrogens (tertiary/aromatic N) is 2. The summed E-state index contributed by atoms with van der Waals surface area (Å²) in [6, 6.07) is 8.88. The van der Waals surface area contributed by atoms with Gasteiger partial charge in [0.1, 0.15) is 10.6 Å². The number of methoxy groups -OCH3 is 1. The van der Waals surface area contributed by atoms with E-state index < -0.39 is 11.9 Å². The van der Waals surface area contributed by atoms with Crippen LogP contribution in [-0.4, -0.2) is 40.5 Å². The number of rotatable bonds is 9. The second-order valence-electron chi connectivity index (χ2n) is 6.56. The molecule has 0 bridgehead atoms. The lowest BCUT2D eigenvalue weighted by Crippen LogP contribution is -2.18. The number of ether oxygens (including phenoxy) is 2. The molecule has 1 aromatic carbocycles. The van der Waals surface area contributed by atoms with Gasteiger partial charge in [-0.05, 0) is 31.5 Å². The molecule has 0 atom stereocenters. The molecule has 11 heteroatoms. The van der Waals surface area contributed by atoms with E-state index in [1.807, 2.05) is 24.3 Å². The van der Waals surface area contributed by atoms with E-state index in [-0.39, 0.29) is 23.7 Å². The molecule has 0 saturated carbocycles. The number of nitrogens with one attached hydrogen (secondary N) is 2. The number of carbonyl (C=O) groups excluding carboxylic acids is 2. The number of aryl methyl sites for hydroxylation is 1. The number of thioether (sulfide) groups is 1. The summed E-state index contributed by atoms with van der Waals surface area (Å²) < 4.78 is 10.2. The Morgan fingerprint density at radius 3 is 2.81 bits per heavy atom. The van der Waals surface area contributed by atoms with Gasteiger partial charge in [-0.25, -0.2) is 14.8 Å². The molecule has 0 fully saturated rings. The summed E-state index contributed by atoms with van der Waals surface area (Å²) in [7, 11) is 1.60. The third-order valence-electron chi connectivity index (χ3n) is 4.13. The van der Waals surface area contributed by atoms with Crippen molar-refractivity contribution in [2.75, 3.05) is 19.0 Å². The van der Waals surface area contributed by atoms with E-state index in [9.17, 15) is 14.4 Å². The van der Waals surface area contributed by atoms with E-state index in [4.69, 9.17) is 9.47 Å². The maximum Gasteiger partial charge on any atom is 0.350 e. The van der Waals surface area contributed by atoms with Crippen LogP contribution in [0, 0.1) is 6.92 Å². The largest absolute Gasteiger partial charge is 0.497 e. The molecule has 0 saturated heterocycles. The highest BCUT2D eigenvalue weighted by Gasteiger charge is 2.18. The Kier molecular flexibility index (Phi) is 8.01. The number of amides is 1. The molecule has 9 nitrogen and oxygen atoms in total. The quantitative estimate of drug-likeness (QED) is 0.275. The monoisotopic (exact) mass is 474 g/mol. The third kappa shape index (κ3) is 6.41. The molecule has 32 heavy (non-hydrogen) atoms. The van der Waals surface area contributed by atoms with E-state index in [2.05, 4.69) is 20.3 Å². The van der Waals surface area contributed by atoms with Crippen molar-refractivity contribution in [1.82, 2.24) is 15.0 Å². The van der Waals surface area contributed by atoms with Gasteiger partial charge in [0.25, 0.3) is 5.56 Å². The first-order chi connectivity index (χ1) is 15.4. The summed E-state index contributed by atoms with van der Waals surface area (Å²) in [4.78, 5) is 48.0. The Balaban J connectivity index is 1.64. The van der Waals surface area contributed by atoms with Crippen molar-refractivity contribution in [3.63, 3.8) is 0 Å². The average molecular weight is 475 g/mol. The summed E-state index contributed by atoms with van der Waals surface area (Å²) in [6.07, 6.45) is -0.107. The lowest BCUT2D eigenvalue weighted by atomic mass is 10.2. The molecule has 0 aliphatic heterocycles. The topological polar surface area (TPSA) is 123 Å². The fraction of sp³-hybridized carbons (Fsp3) is 0.286. The van der Waals surface area contributed by atoms with Crippen LogP contribution in [0.1, 0.15) is 33.5 Å². The summed E-state index contributed by atoms with van der Waals surface area (Å²) in [5.74, 6) is 0.455. The van der Waals surface area contributed by atoms with Crippen LogP contribution in [0.25, 0.3) is 0 Å². The number of aromatic nitrogens is 3. The molecular formula is C21H22N4O5S2. The molecule has 1 amide bonds. The summed E-state index contributed by atoms with van der Waals surface area (Å²) in [6.45, 7) is 3.64. The first-order valence-corrected chi connectivity index (χ1v) is 11.5. The van der Waals surface area contributed by atoms with E-state index in [1.54, 1.807) is 21.0 Å². The van der Waals surface area contributed by atoms with Gasteiger partial charge in [-0.3, -0.25) is 9.59 Å². The van der Waals surface area contributed by atoms with Gasteiger partial charge in [0, 0.05) is 11.8 Å². The lowest BCUT2D eigenvalue weighted by molar-refractivity contribution is -0.115. The normalized spacial score (nSPS) is 10.6. The maximum atomic E-state index is 12.4. The van der Waals surface area contributed by atoms with Crippen molar-refractivity contribution in [3.05, 3.63) is 62.5 Å². The standard InChI is InChI=1S/C21H22N4O5S2/c1-4-30-19(28)18-12(2)22-21(32-18)25-17(27)10-14-9-16(26)24-20(23-14)31-11-13-6-5-7-15(8-13)29-3/h5-9H,4,10-11H2,1-3H3,(H,22,25,27)(H,23,24,26). The number of carbonyl (C=O) groups is 2. The molecule has 0 spiro atoms. The van der Waals surface area contributed by atoms with Crippen LogP contribution in [0.5, 0.6) is 5.75 Å². The first kappa shape index (κ1) is 23.5. The molecule has 0 aliphatic carbocycles. The minimum atomic E-state index is -0.475. The summed E-state index contributed by atoms with van der Waals surface area (Å²) >= 11 is 2.39. The van der Waals surface area contributed by atoms with Crippen molar-refractivity contribution in [3.8, 4) is 5.75 Å². The van der Waals surface area contributed by atoms with Crippen LogP contribution in [-0.2, 0) is 21.7 Å². The van der Waals surface area contributed by atoms with Gasteiger partial charge in [0.15, 0.2) is 10.3 Å². The Morgan fingerprint density at radius 2 is 2.06 bits per heavy atom. The first-order valence-electron chi connectivity index (χ1n) is 9.68. The van der Waals surface area contributed by atoms with Gasteiger partial charge in [-0.1, -0.05) is 35.2 Å². The predicted molar refractivity (Wildman–Crippen MR) is 123 cm³/mol. The van der Waals surface area contributed by atoms with Crippen LogP contribution < -0.4 is 15.6 Å². The molecule has 3 aromatic rings. The number of hydrogen-bond donors (Lipinski definition) is 2. The van der Waals surface area contributed by atoms with Crippen molar-refractivity contribution in [2.24, 2.45) is 0 Å². The highest BCUT2D eigenvalue weighted by Crippen LogP contribution is 2.24. The van der Waals surface area contributed by atoms with Crippen molar-refractivity contribution in [1.29, 1.82) is 0 Å². The number of H-pyrrole nitrogens is 1. The van der Waals surface area contributed by atoms with Crippen LogP contribution in [0.15, 0.2) is 40.3 Å². The van der Waals surface area contributed by atoms with E-state index >= 15 is 0 Å². The Labute approximate surface area is 192 Å². The zero-order valence-corrected chi connectivity index (χ0v) is 19.4. The second-order valence-corrected chi connectivity index (χ2v) is 8.52. The van der Waals surface area contributed by atoms with E-state index in [0.29, 0.717) is 27.2 Å². The number of thiazole rings is 1. The number of aromatic amines is 1. The van der Waals surface area contributed by atoms with Gasteiger partial charge in [0.05, 0.1) is 31.5 Å². The van der Waals surface area contributed by atoms with Crippen LogP contribution in [0.4, 0.5) is 5.13 Å². The molecule has 2 N–H and O–H groups in total. The molecule has 2 aromatic heterocycles. The molecule has 2 heterocycles. The van der Waals surface area contributed by atoms with Crippen molar-refractivity contribution in [2.45, 2.75) is 31.2 Å². The summed E-state index contributed by atoms with van der Waals surface area (Å²) in [5.41, 5.74) is 1.48. The Morgan fingerprint density at radius 1 is 1.25 bits per heavy atom. The zero-order chi connectivity index (χ0) is 23.1. The number of esters is 1. The number of anilines is 1. The van der Waals surface area contributed by atoms with Crippen molar-refractivity contribution >= 4 is 40.1 Å². The third-order valence-corrected chi connectivity index (χ3v) is 6.13. The van der Waals surface area contributed by atoms with E-state index in [1.165, 1.54) is 17.8 Å². The minimum Gasteiger partial charge on any atom is -0.497 e. The van der Waals surface area contributed by atoms with Gasteiger partial charge < -0.3 is 19.8 Å². The lowest BCUT2D eigenvalue weighted by Gasteiger charge is -2.06. The van der Waals surface area contributed by atoms with Gasteiger partial charge in [0.2, 0.25) is 5.91 Å². The molecular weight excluding hydrogens is 452 g/mol. The second kappa shape index (κ2) is 10.9. The Hall–Kier alpha value is -3.18. The fourth-order valence-electron chi connectivity index (χ4n) is 2.72. The van der Waals surface area contributed by atoms with Gasteiger partial charge in [-0.15, -0.1) is 0 Å². The molecule has 3 rings (SSSR count). The van der Waals surface area contributed by atoms with Crippen LogP contribution >= 0.6 is 23.1 Å². The molecule has 168 valence electrons. The smallest absolute Gasteiger partial charge is 0.350 e. The highest BCUT2D eigenvalue weighted by molar-refractivity contribution is 7.98. The average Bonchev–Trinajstić information content (AvgIpc) is 3.12. The molecule has 0 unspecified atom stereocenters. The Bertz CT molecular complexity index is 1170. The minimum absolute atomic E-state index is 0.107. The SMILES string of the molecule is CCOC(=O)c1sc(NC(=O)Cc2cc(=O)[nH]c(SCc3cccc(OC)c3)n2)nc1C. The number of hydrogen-bond acceptors (Lipinski definition) is 9. The predicted octanol–water partition coefficient (Wildman–Crippen LogP) is 3.19. The van der Waals surface area contributed by atoms with Gasteiger partial charge in [-0.2, -0.15) is 0 Å². The van der Waals surface area contributed by atoms with Crippen molar-refractivity contribution < 1.29 is 19.1 Å². The van der Waals surface area contributed by atoms with Gasteiger partial charge >= 0.3 is 5.97 Å². The molecule has 0 radical (unpaired) electrons. The maximum absolute atomic E-state index is 12.4. The zero-order valence-electron chi connectivity index (χ0n) is 17.8.